The number of thiol groups is 1. The standard InChI is InChI=1S/C10H9BrF2N2OS/c11-8-3-1-2-7(14-8)9(15-17-16)6-4-10(12,13)5-6/h1-3,6,17H,4-5H2/b15-9+. The van der Waals surface area contributed by atoms with Crippen LogP contribution in [-0.2, 0) is 11.9 Å². The second-order valence-corrected chi connectivity index (χ2v) is 5.05. The van der Waals surface area contributed by atoms with Crippen LogP contribution in [0, 0.1) is 5.92 Å². The maximum atomic E-state index is 12.8. The number of hydrogen-bond donors (Lipinski definition) is 1. The first-order valence-corrected chi connectivity index (χ1v) is 6.48. The topological polar surface area (TPSA) is 42.3 Å². The van der Waals surface area contributed by atoms with E-state index in [4.69, 9.17) is 0 Å². The molecule has 3 nitrogen and oxygen atoms in total. The SMILES string of the molecule is O=[SH]/N=C(/c1cccc(Br)n1)C1CC(F)(F)C1. The van der Waals surface area contributed by atoms with E-state index in [0.717, 1.165) is 0 Å². The number of alkyl halides is 2. The van der Waals surface area contributed by atoms with E-state index in [1.54, 1.807) is 18.2 Å². The summed E-state index contributed by atoms with van der Waals surface area (Å²) in [5.74, 6) is -3.00. The predicted octanol–water partition coefficient (Wildman–Crippen LogP) is 2.54. The summed E-state index contributed by atoms with van der Waals surface area (Å²) < 4.78 is 40.5. The van der Waals surface area contributed by atoms with Crippen molar-refractivity contribution < 1.29 is 13.0 Å². The van der Waals surface area contributed by atoms with Crippen LogP contribution in [0.3, 0.4) is 0 Å². The summed E-state index contributed by atoms with van der Waals surface area (Å²) >= 11 is 2.77. The number of pyridine rings is 1. The maximum Gasteiger partial charge on any atom is 0.249 e. The Hall–Kier alpha value is -0.690. The summed E-state index contributed by atoms with van der Waals surface area (Å²) in [5, 5.41) is 0. The van der Waals surface area contributed by atoms with Crippen molar-refractivity contribution in [3.63, 3.8) is 0 Å². The van der Waals surface area contributed by atoms with Gasteiger partial charge in [0.1, 0.15) is 16.5 Å². The number of nitrogens with zero attached hydrogens (tertiary/aromatic N) is 2. The molecule has 1 aromatic rings. The zero-order valence-electron chi connectivity index (χ0n) is 8.61. The van der Waals surface area contributed by atoms with Gasteiger partial charge in [0.25, 0.3) is 0 Å². The molecule has 17 heavy (non-hydrogen) atoms. The molecule has 0 radical (unpaired) electrons. The molecule has 1 aliphatic carbocycles. The van der Waals surface area contributed by atoms with Crippen molar-refractivity contribution in [2.75, 3.05) is 0 Å². The van der Waals surface area contributed by atoms with Crippen molar-refractivity contribution in [1.29, 1.82) is 0 Å². The predicted molar refractivity (Wildman–Crippen MR) is 65.7 cm³/mol. The van der Waals surface area contributed by atoms with Crippen molar-refractivity contribution in [3.05, 3.63) is 28.5 Å². The van der Waals surface area contributed by atoms with Crippen molar-refractivity contribution >= 4 is 33.5 Å². The summed E-state index contributed by atoms with van der Waals surface area (Å²) in [6, 6.07) is 5.14. The Morgan fingerprint density at radius 3 is 2.76 bits per heavy atom. The maximum absolute atomic E-state index is 12.8. The van der Waals surface area contributed by atoms with Crippen LogP contribution in [0.25, 0.3) is 0 Å². The first-order chi connectivity index (χ1) is 8.02. The first-order valence-electron chi connectivity index (χ1n) is 4.93. The molecule has 0 amide bonds. The smallest absolute Gasteiger partial charge is 0.240 e. The van der Waals surface area contributed by atoms with Gasteiger partial charge in [-0.05, 0) is 28.1 Å². The van der Waals surface area contributed by atoms with Gasteiger partial charge in [0.05, 0.1) is 11.4 Å². The lowest BCUT2D eigenvalue weighted by atomic mass is 9.77. The van der Waals surface area contributed by atoms with Crippen molar-refractivity contribution in [2.45, 2.75) is 18.8 Å². The third-order valence-corrected chi connectivity index (χ3v) is 3.34. The first kappa shape index (κ1) is 12.8. The number of rotatable bonds is 3. The van der Waals surface area contributed by atoms with E-state index >= 15 is 0 Å². The molecule has 1 aromatic heterocycles. The Balaban J connectivity index is 2.25. The van der Waals surface area contributed by atoms with Gasteiger partial charge in [-0.15, -0.1) is 0 Å². The molecule has 0 aliphatic heterocycles. The van der Waals surface area contributed by atoms with E-state index < -0.39 is 17.8 Å². The lowest BCUT2D eigenvalue weighted by molar-refractivity contribution is -0.0907. The summed E-state index contributed by atoms with van der Waals surface area (Å²) in [6.45, 7) is 0. The van der Waals surface area contributed by atoms with Crippen LogP contribution in [0.2, 0.25) is 0 Å². The Labute approximate surface area is 109 Å². The van der Waals surface area contributed by atoms with Gasteiger partial charge in [0.15, 0.2) is 0 Å². The van der Waals surface area contributed by atoms with Gasteiger partial charge < -0.3 is 0 Å². The number of aromatic nitrogens is 1. The van der Waals surface area contributed by atoms with Gasteiger partial charge in [0.2, 0.25) is 5.92 Å². The number of hydrogen-bond acceptors (Lipinski definition) is 2. The second-order valence-electron chi connectivity index (χ2n) is 3.87. The molecule has 0 saturated heterocycles. The minimum atomic E-state index is -2.63. The van der Waals surface area contributed by atoms with E-state index in [2.05, 4.69) is 25.3 Å². The molecule has 1 saturated carbocycles. The molecule has 0 spiro atoms. The Kier molecular flexibility index (Phi) is 3.67. The van der Waals surface area contributed by atoms with Gasteiger partial charge in [-0.1, -0.05) is 6.07 Å². The Bertz CT molecular complexity index is 473. The van der Waals surface area contributed by atoms with Gasteiger partial charge in [0, 0.05) is 18.8 Å². The lowest BCUT2D eigenvalue weighted by Gasteiger charge is -2.35. The average molecular weight is 323 g/mol. The van der Waals surface area contributed by atoms with Gasteiger partial charge in [-0.2, -0.15) is 4.40 Å². The van der Waals surface area contributed by atoms with Gasteiger partial charge in [-0.25, -0.2) is 18.0 Å². The van der Waals surface area contributed by atoms with E-state index in [9.17, 15) is 13.0 Å². The van der Waals surface area contributed by atoms with Gasteiger partial charge in [-0.3, -0.25) is 0 Å². The van der Waals surface area contributed by atoms with E-state index in [-0.39, 0.29) is 18.8 Å². The van der Waals surface area contributed by atoms with Crippen molar-refractivity contribution in [2.24, 2.45) is 10.3 Å². The minimum absolute atomic E-state index is 0.254. The molecule has 1 heterocycles. The molecule has 0 N–H and O–H groups in total. The zero-order valence-corrected chi connectivity index (χ0v) is 11.1. The van der Waals surface area contributed by atoms with Crippen molar-refractivity contribution in [1.82, 2.24) is 4.98 Å². The molecule has 1 aliphatic rings. The molecule has 92 valence electrons. The molecule has 0 bridgehead atoms. The summed E-state index contributed by atoms with van der Waals surface area (Å²) in [6.07, 6.45) is -0.509. The average Bonchev–Trinajstić information content (AvgIpc) is 2.22. The van der Waals surface area contributed by atoms with E-state index in [0.29, 0.717) is 16.0 Å². The summed E-state index contributed by atoms with van der Waals surface area (Å²) in [4.78, 5) is 4.14. The normalized spacial score (nSPS) is 20.1. The third kappa shape index (κ3) is 2.95. The highest BCUT2D eigenvalue weighted by Crippen LogP contribution is 2.44. The molecule has 0 aromatic carbocycles. The fraction of sp³-hybridized carbons (Fsp3) is 0.400. The minimum Gasteiger partial charge on any atom is -0.240 e. The highest BCUT2D eigenvalue weighted by atomic mass is 79.9. The zero-order chi connectivity index (χ0) is 12.5. The van der Waals surface area contributed by atoms with Crippen LogP contribution < -0.4 is 0 Å². The fourth-order valence-electron chi connectivity index (χ4n) is 1.79. The summed E-state index contributed by atoms with van der Waals surface area (Å²) in [7, 11) is 0. The highest BCUT2D eigenvalue weighted by Gasteiger charge is 2.48. The van der Waals surface area contributed by atoms with Crippen LogP contribution in [0.15, 0.2) is 27.2 Å². The fourth-order valence-corrected chi connectivity index (χ4v) is 2.49. The Morgan fingerprint density at radius 2 is 2.24 bits per heavy atom. The lowest BCUT2D eigenvalue weighted by Crippen LogP contribution is -2.40. The molecular formula is C10H9BrF2N2OS. The van der Waals surface area contributed by atoms with Crippen LogP contribution in [0.4, 0.5) is 8.78 Å². The van der Waals surface area contributed by atoms with E-state index in [1.807, 2.05) is 0 Å². The van der Waals surface area contributed by atoms with Crippen LogP contribution in [0.5, 0.6) is 0 Å². The molecule has 0 atom stereocenters. The van der Waals surface area contributed by atoms with E-state index in [1.165, 1.54) is 0 Å². The van der Waals surface area contributed by atoms with Gasteiger partial charge >= 0.3 is 0 Å². The molecular weight excluding hydrogens is 314 g/mol. The quantitative estimate of drug-likeness (QED) is 0.528. The third-order valence-electron chi connectivity index (χ3n) is 2.60. The molecule has 2 rings (SSSR count). The largest absolute Gasteiger partial charge is 0.249 e. The molecule has 7 heteroatoms. The Morgan fingerprint density at radius 1 is 1.53 bits per heavy atom. The highest BCUT2D eigenvalue weighted by molar-refractivity contribution is 9.10. The monoisotopic (exact) mass is 322 g/mol. The summed E-state index contributed by atoms with van der Waals surface area (Å²) in [5.41, 5.74) is 0.872. The molecule has 0 unspecified atom stereocenters. The second kappa shape index (κ2) is 4.89. The van der Waals surface area contributed by atoms with Crippen molar-refractivity contribution in [3.8, 4) is 0 Å². The van der Waals surface area contributed by atoms with Crippen LogP contribution >= 0.6 is 15.9 Å². The van der Waals surface area contributed by atoms with Crippen LogP contribution in [-0.4, -0.2) is 20.8 Å². The number of halogens is 3. The van der Waals surface area contributed by atoms with Crippen LogP contribution in [0.1, 0.15) is 18.5 Å². The molecule has 1 fully saturated rings.